The van der Waals surface area contributed by atoms with E-state index in [2.05, 4.69) is 27.6 Å². The fourth-order valence-electron chi connectivity index (χ4n) is 2.56. The maximum Gasteiger partial charge on any atom is 0.273 e. The third-order valence-corrected chi connectivity index (χ3v) is 4.20. The van der Waals surface area contributed by atoms with Crippen LogP contribution >= 0.6 is 0 Å². The van der Waals surface area contributed by atoms with Crippen LogP contribution in [0, 0.1) is 13.0 Å². The standard InChI is InChI=1S/C21H22N3O2/c1-14-11-16(15-7-9-22-10-8-15)5-6-17(14)13-23-20(25)18-12-19(26-24-18)21(2,3)4/h5-7,9-12H,13H2,1-4H3,(H,23,25). The predicted octanol–water partition coefficient (Wildman–Crippen LogP) is 4.07. The van der Waals surface area contributed by atoms with E-state index in [4.69, 9.17) is 4.52 Å². The second kappa shape index (κ2) is 7.12. The molecule has 0 unspecified atom stereocenters. The Balaban J connectivity index is 1.68. The van der Waals surface area contributed by atoms with Gasteiger partial charge < -0.3 is 9.84 Å². The van der Waals surface area contributed by atoms with Gasteiger partial charge in [-0.15, -0.1) is 0 Å². The van der Waals surface area contributed by atoms with Crippen molar-refractivity contribution in [1.82, 2.24) is 15.5 Å². The van der Waals surface area contributed by atoms with Crippen LogP contribution in [0.4, 0.5) is 0 Å². The van der Waals surface area contributed by atoms with Gasteiger partial charge in [-0.05, 0) is 35.2 Å². The van der Waals surface area contributed by atoms with Crippen molar-refractivity contribution in [1.29, 1.82) is 0 Å². The summed E-state index contributed by atoms with van der Waals surface area (Å²) < 4.78 is 5.27. The van der Waals surface area contributed by atoms with Crippen molar-refractivity contribution in [2.45, 2.75) is 39.7 Å². The number of pyridine rings is 1. The van der Waals surface area contributed by atoms with E-state index in [-0.39, 0.29) is 11.3 Å². The highest BCUT2D eigenvalue weighted by Crippen LogP contribution is 2.23. The average molecular weight is 348 g/mol. The van der Waals surface area contributed by atoms with Crippen LogP contribution in [0.25, 0.3) is 11.1 Å². The Bertz CT molecular complexity index is 909. The predicted molar refractivity (Wildman–Crippen MR) is 99.6 cm³/mol. The van der Waals surface area contributed by atoms with Crippen LogP contribution in [0.15, 0.2) is 47.2 Å². The molecule has 0 saturated carbocycles. The SMILES string of the molecule is Cc1cc(-c2[c]cncc2)ccc1CNC(=O)c1cc(C(C)(C)C)on1. The van der Waals surface area contributed by atoms with Gasteiger partial charge in [-0.1, -0.05) is 44.1 Å². The molecule has 0 fully saturated rings. The van der Waals surface area contributed by atoms with Crippen molar-refractivity contribution in [2.24, 2.45) is 0 Å². The number of aryl methyl sites for hydroxylation is 1. The average Bonchev–Trinajstić information content (AvgIpc) is 3.12. The van der Waals surface area contributed by atoms with Crippen LogP contribution in [0.2, 0.25) is 0 Å². The fraction of sp³-hybridized carbons (Fsp3) is 0.286. The van der Waals surface area contributed by atoms with Gasteiger partial charge in [-0.3, -0.25) is 9.78 Å². The minimum atomic E-state index is -0.241. The molecule has 5 nitrogen and oxygen atoms in total. The van der Waals surface area contributed by atoms with Crippen LogP contribution in [-0.4, -0.2) is 16.0 Å². The Morgan fingerprint density at radius 3 is 2.65 bits per heavy atom. The molecule has 0 bridgehead atoms. The van der Waals surface area contributed by atoms with Crippen LogP contribution in [0.5, 0.6) is 0 Å². The largest absolute Gasteiger partial charge is 0.360 e. The zero-order valence-electron chi connectivity index (χ0n) is 15.5. The molecule has 1 N–H and O–H groups in total. The number of amides is 1. The molecule has 2 aromatic heterocycles. The number of benzene rings is 1. The monoisotopic (exact) mass is 348 g/mol. The second-order valence-corrected chi connectivity index (χ2v) is 7.30. The molecule has 0 atom stereocenters. The zero-order chi connectivity index (χ0) is 18.7. The van der Waals surface area contributed by atoms with Crippen molar-refractivity contribution in [2.75, 3.05) is 0 Å². The number of carbonyl (C=O) groups is 1. The number of hydrogen-bond donors (Lipinski definition) is 1. The van der Waals surface area contributed by atoms with Gasteiger partial charge in [-0.2, -0.15) is 0 Å². The molecule has 26 heavy (non-hydrogen) atoms. The van der Waals surface area contributed by atoms with Crippen molar-refractivity contribution in [3.05, 3.63) is 71.4 Å². The molecule has 0 spiro atoms. The number of rotatable bonds is 4. The Morgan fingerprint density at radius 1 is 1.23 bits per heavy atom. The third kappa shape index (κ3) is 3.99. The Morgan fingerprint density at radius 2 is 2.04 bits per heavy atom. The van der Waals surface area contributed by atoms with Crippen molar-refractivity contribution in [3.63, 3.8) is 0 Å². The summed E-state index contributed by atoms with van der Waals surface area (Å²) >= 11 is 0. The maximum absolute atomic E-state index is 12.3. The lowest BCUT2D eigenvalue weighted by atomic mass is 9.93. The van der Waals surface area contributed by atoms with Gasteiger partial charge in [-0.25, -0.2) is 0 Å². The summed E-state index contributed by atoms with van der Waals surface area (Å²) in [5, 5.41) is 6.77. The van der Waals surface area contributed by atoms with Gasteiger partial charge in [0.2, 0.25) is 0 Å². The first-order chi connectivity index (χ1) is 12.3. The molecule has 5 heteroatoms. The maximum atomic E-state index is 12.3. The molecule has 3 aromatic rings. The first kappa shape index (κ1) is 17.9. The van der Waals surface area contributed by atoms with Crippen molar-refractivity contribution < 1.29 is 9.32 Å². The molecular formula is C21H22N3O2. The number of carbonyl (C=O) groups excluding carboxylic acids is 1. The van der Waals surface area contributed by atoms with E-state index >= 15 is 0 Å². The summed E-state index contributed by atoms with van der Waals surface area (Å²) in [4.78, 5) is 16.3. The first-order valence-corrected chi connectivity index (χ1v) is 8.51. The van der Waals surface area contributed by atoms with E-state index in [9.17, 15) is 4.79 Å². The minimum absolute atomic E-state index is 0.179. The number of aromatic nitrogens is 2. The molecule has 0 aliphatic heterocycles. The van der Waals surface area contributed by atoms with Crippen LogP contribution in [-0.2, 0) is 12.0 Å². The number of nitrogens with one attached hydrogen (secondary N) is 1. The molecule has 0 saturated heterocycles. The quantitative estimate of drug-likeness (QED) is 0.771. The molecule has 1 amide bonds. The molecule has 133 valence electrons. The fourth-order valence-corrected chi connectivity index (χ4v) is 2.56. The molecular weight excluding hydrogens is 326 g/mol. The van der Waals surface area contributed by atoms with Gasteiger partial charge in [0.05, 0.1) is 0 Å². The lowest BCUT2D eigenvalue weighted by Crippen LogP contribution is -2.23. The Kier molecular flexibility index (Phi) is 4.89. The van der Waals surface area contributed by atoms with Gasteiger partial charge >= 0.3 is 0 Å². The highest BCUT2D eigenvalue weighted by Gasteiger charge is 2.22. The lowest BCUT2D eigenvalue weighted by molar-refractivity contribution is 0.0941. The smallest absolute Gasteiger partial charge is 0.273 e. The summed E-state index contributed by atoms with van der Waals surface area (Å²) in [6.45, 7) is 8.50. The topological polar surface area (TPSA) is 68.0 Å². The Labute approximate surface area is 153 Å². The summed E-state index contributed by atoms with van der Waals surface area (Å²) in [5.74, 6) is 0.451. The number of nitrogens with zero attached hydrogens (tertiary/aromatic N) is 2. The van der Waals surface area contributed by atoms with E-state index in [0.717, 1.165) is 22.3 Å². The van der Waals surface area contributed by atoms with E-state index in [1.165, 1.54) is 0 Å². The van der Waals surface area contributed by atoms with Gasteiger partial charge in [0.15, 0.2) is 5.69 Å². The van der Waals surface area contributed by atoms with Crippen LogP contribution in [0.3, 0.4) is 0 Å². The van der Waals surface area contributed by atoms with Gasteiger partial charge in [0, 0.05) is 36.5 Å². The van der Waals surface area contributed by atoms with Crippen molar-refractivity contribution in [3.8, 4) is 11.1 Å². The van der Waals surface area contributed by atoms with Crippen molar-refractivity contribution >= 4 is 5.91 Å². The first-order valence-electron chi connectivity index (χ1n) is 8.51. The summed E-state index contributed by atoms with van der Waals surface area (Å²) in [7, 11) is 0. The Hall–Kier alpha value is -2.95. The highest BCUT2D eigenvalue weighted by atomic mass is 16.5. The summed E-state index contributed by atoms with van der Waals surface area (Å²) in [5.41, 5.74) is 4.35. The molecule has 0 aliphatic rings. The summed E-state index contributed by atoms with van der Waals surface area (Å²) in [6.07, 6.45) is 3.40. The lowest BCUT2D eigenvalue weighted by Gasteiger charge is -2.12. The van der Waals surface area contributed by atoms with Gasteiger partial charge in [0.25, 0.3) is 5.91 Å². The molecule has 1 aromatic carbocycles. The highest BCUT2D eigenvalue weighted by molar-refractivity contribution is 5.92. The molecule has 3 rings (SSSR count). The second-order valence-electron chi connectivity index (χ2n) is 7.30. The number of hydrogen-bond acceptors (Lipinski definition) is 4. The van der Waals surface area contributed by atoms with E-state index in [1.807, 2.05) is 45.9 Å². The summed E-state index contributed by atoms with van der Waals surface area (Å²) in [6, 6.07) is 12.9. The zero-order valence-corrected chi connectivity index (χ0v) is 15.5. The normalized spacial score (nSPS) is 11.4. The van der Waals surface area contributed by atoms with Gasteiger partial charge in [0.1, 0.15) is 5.76 Å². The minimum Gasteiger partial charge on any atom is -0.360 e. The van der Waals surface area contributed by atoms with E-state index in [0.29, 0.717) is 18.0 Å². The van der Waals surface area contributed by atoms with E-state index in [1.54, 1.807) is 18.5 Å². The molecule has 1 radical (unpaired) electrons. The van der Waals surface area contributed by atoms with Crippen LogP contribution in [0.1, 0.15) is 48.1 Å². The van der Waals surface area contributed by atoms with Crippen LogP contribution < -0.4 is 5.32 Å². The molecule has 2 heterocycles. The third-order valence-electron chi connectivity index (χ3n) is 4.20. The molecule has 0 aliphatic carbocycles. The van der Waals surface area contributed by atoms with E-state index < -0.39 is 0 Å².